The van der Waals surface area contributed by atoms with Crippen LogP contribution < -0.4 is 5.32 Å². The number of carbonyl (C=O) groups is 2. The molecule has 1 heterocycles. The highest BCUT2D eigenvalue weighted by Crippen LogP contribution is 2.30. The van der Waals surface area contributed by atoms with Crippen molar-refractivity contribution >= 4 is 22.5 Å². The molecule has 1 aromatic heterocycles. The van der Waals surface area contributed by atoms with Crippen LogP contribution in [0.15, 0.2) is 90.6 Å². The fourth-order valence-corrected chi connectivity index (χ4v) is 4.08. The van der Waals surface area contributed by atoms with Crippen LogP contribution in [0.1, 0.15) is 38.9 Å². The van der Waals surface area contributed by atoms with Crippen molar-refractivity contribution in [3.05, 3.63) is 113 Å². The molecule has 5 heteroatoms. The third-order valence-corrected chi connectivity index (χ3v) is 5.72. The van der Waals surface area contributed by atoms with Crippen molar-refractivity contribution in [1.82, 2.24) is 9.88 Å². The lowest BCUT2D eigenvalue weighted by Crippen LogP contribution is -2.19. The first kappa shape index (κ1) is 22.1. The van der Waals surface area contributed by atoms with Crippen molar-refractivity contribution in [3.63, 3.8) is 0 Å². The first-order valence-electron chi connectivity index (χ1n) is 10.9. The number of aromatic hydroxyl groups is 1. The van der Waals surface area contributed by atoms with Gasteiger partial charge in [-0.15, -0.1) is 0 Å². The minimum Gasteiger partial charge on any atom is -0.508 e. The molecule has 0 spiro atoms. The topological polar surface area (TPSA) is 71.3 Å². The lowest BCUT2D eigenvalue weighted by Gasteiger charge is -2.11. The minimum absolute atomic E-state index is 0.0468. The van der Waals surface area contributed by atoms with Gasteiger partial charge in [0.15, 0.2) is 11.6 Å². The Morgan fingerprint density at radius 2 is 1.58 bits per heavy atom. The summed E-state index contributed by atoms with van der Waals surface area (Å²) in [6.45, 7) is 4.97. The summed E-state index contributed by atoms with van der Waals surface area (Å²) in [6, 6.07) is 23.4. The van der Waals surface area contributed by atoms with E-state index in [0.717, 1.165) is 22.3 Å². The monoisotopic (exact) mass is 438 g/mol. The molecule has 0 unspecified atom stereocenters. The van der Waals surface area contributed by atoms with Crippen molar-refractivity contribution in [1.29, 1.82) is 0 Å². The van der Waals surface area contributed by atoms with Gasteiger partial charge in [0, 0.05) is 52.6 Å². The fourth-order valence-electron chi connectivity index (χ4n) is 4.08. The number of phenols is 1. The third-order valence-electron chi connectivity index (χ3n) is 5.72. The predicted molar refractivity (Wildman–Crippen MR) is 131 cm³/mol. The molecule has 0 aliphatic rings. The maximum absolute atomic E-state index is 13.3. The zero-order chi connectivity index (χ0) is 23.4. The van der Waals surface area contributed by atoms with Crippen LogP contribution in [0.4, 0.5) is 0 Å². The van der Waals surface area contributed by atoms with Gasteiger partial charge in [-0.05, 0) is 32.0 Å². The number of rotatable bonds is 8. The molecule has 2 N–H and O–H groups in total. The predicted octanol–water partition coefficient (Wildman–Crippen LogP) is 5.26. The molecule has 0 saturated carbocycles. The number of nitrogens with zero attached hydrogens (tertiary/aromatic N) is 1. The van der Waals surface area contributed by atoms with Gasteiger partial charge >= 0.3 is 0 Å². The van der Waals surface area contributed by atoms with Gasteiger partial charge < -0.3 is 15.0 Å². The summed E-state index contributed by atoms with van der Waals surface area (Å²) >= 11 is 0. The van der Waals surface area contributed by atoms with Crippen molar-refractivity contribution in [2.24, 2.45) is 0 Å². The fraction of sp³-hybridized carbons (Fsp3) is 0.143. The molecular formula is C28H26N2O3. The van der Waals surface area contributed by atoms with Crippen LogP contribution in [0.2, 0.25) is 0 Å². The lowest BCUT2D eigenvalue weighted by molar-refractivity contribution is 0.103. The number of benzene rings is 3. The Morgan fingerprint density at radius 3 is 2.24 bits per heavy atom. The SMILES string of the molecule is C/C(=C\C(=O)c1ccccc1)NCCn1c(C)c(C(=O)c2ccccc2)c2cc(O)ccc21. The van der Waals surface area contributed by atoms with Crippen LogP contribution in [0.25, 0.3) is 10.9 Å². The van der Waals surface area contributed by atoms with Gasteiger partial charge in [0.1, 0.15) is 5.75 Å². The Bertz CT molecular complexity index is 1340. The number of hydrogen-bond donors (Lipinski definition) is 2. The molecule has 0 aliphatic heterocycles. The molecule has 3 aromatic carbocycles. The van der Waals surface area contributed by atoms with E-state index in [9.17, 15) is 14.7 Å². The van der Waals surface area contributed by atoms with E-state index in [2.05, 4.69) is 9.88 Å². The summed E-state index contributed by atoms with van der Waals surface area (Å²) in [4.78, 5) is 25.7. The van der Waals surface area contributed by atoms with Gasteiger partial charge in [0.25, 0.3) is 0 Å². The normalized spacial score (nSPS) is 11.5. The van der Waals surface area contributed by atoms with Crippen LogP contribution >= 0.6 is 0 Å². The summed E-state index contributed by atoms with van der Waals surface area (Å²) in [7, 11) is 0. The average Bonchev–Trinajstić information content (AvgIpc) is 3.10. The molecule has 0 saturated heterocycles. The quantitative estimate of drug-likeness (QED) is 0.291. The van der Waals surface area contributed by atoms with E-state index >= 15 is 0 Å². The summed E-state index contributed by atoms with van der Waals surface area (Å²) < 4.78 is 2.07. The van der Waals surface area contributed by atoms with Crippen molar-refractivity contribution < 1.29 is 14.7 Å². The molecule has 4 rings (SSSR count). The summed E-state index contributed by atoms with van der Waals surface area (Å²) in [5.41, 5.74) is 4.35. The highest BCUT2D eigenvalue weighted by molar-refractivity contribution is 6.17. The van der Waals surface area contributed by atoms with Gasteiger partial charge in [-0.3, -0.25) is 9.59 Å². The van der Waals surface area contributed by atoms with Gasteiger partial charge in [0.05, 0.1) is 5.56 Å². The van der Waals surface area contributed by atoms with Crippen LogP contribution in [-0.4, -0.2) is 27.8 Å². The van der Waals surface area contributed by atoms with Crippen molar-refractivity contribution in [2.75, 3.05) is 6.54 Å². The number of carbonyl (C=O) groups excluding carboxylic acids is 2. The van der Waals surface area contributed by atoms with Crippen molar-refractivity contribution in [2.45, 2.75) is 20.4 Å². The highest BCUT2D eigenvalue weighted by atomic mass is 16.3. The van der Waals surface area contributed by atoms with Gasteiger partial charge in [-0.2, -0.15) is 0 Å². The molecule has 33 heavy (non-hydrogen) atoms. The molecule has 0 bridgehead atoms. The smallest absolute Gasteiger partial charge is 0.195 e. The molecule has 5 nitrogen and oxygen atoms in total. The molecular weight excluding hydrogens is 412 g/mol. The second-order valence-electron chi connectivity index (χ2n) is 7.99. The summed E-state index contributed by atoms with van der Waals surface area (Å²) in [5.74, 6) is 0.00689. The zero-order valence-corrected chi connectivity index (χ0v) is 18.7. The van der Waals surface area contributed by atoms with Gasteiger partial charge in [0.2, 0.25) is 0 Å². The Labute approximate surface area is 193 Å². The number of ketones is 2. The van der Waals surface area contributed by atoms with E-state index in [1.165, 1.54) is 0 Å². The first-order chi connectivity index (χ1) is 16.0. The van der Waals surface area contributed by atoms with E-state index in [4.69, 9.17) is 0 Å². The molecule has 166 valence electrons. The Hall–Kier alpha value is -4.12. The lowest BCUT2D eigenvalue weighted by atomic mass is 10.0. The standard InChI is InChI=1S/C28H26N2O3/c1-19(17-26(32)21-9-5-3-6-10-21)29-15-16-30-20(2)27(24-18-23(31)13-14-25(24)30)28(33)22-11-7-4-8-12-22/h3-14,17-18,29,31H,15-16H2,1-2H3/b19-17+. The second-order valence-corrected chi connectivity index (χ2v) is 7.99. The van der Waals surface area contributed by atoms with E-state index in [1.807, 2.05) is 56.3 Å². The summed E-state index contributed by atoms with van der Waals surface area (Å²) in [5, 5.41) is 14.1. The summed E-state index contributed by atoms with van der Waals surface area (Å²) in [6.07, 6.45) is 1.60. The minimum atomic E-state index is -0.0695. The van der Waals surface area contributed by atoms with Crippen LogP contribution in [0.5, 0.6) is 5.75 Å². The molecule has 0 aliphatic carbocycles. The number of fused-ring (bicyclic) bond motifs is 1. The first-order valence-corrected chi connectivity index (χ1v) is 10.9. The molecule has 0 amide bonds. The van der Waals surface area contributed by atoms with Gasteiger partial charge in [-0.25, -0.2) is 0 Å². The second kappa shape index (κ2) is 9.57. The maximum atomic E-state index is 13.3. The van der Waals surface area contributed by atoms with Crippen LogP contribution in [0, 0.1) is 6.92 Å². The Morgan fingerprint density at radius 1 is 0.939 bits per heavy atom. The van der Waals surface area contributed by atoms with E-state index in [0.29, 0.717) is 29.8 Å². The largest absolute Gasteiger partial charge is 0.508 e. The maximum Gasteiger partial charge on any atom is 0.195 e. The van der Waals surface area contributed by atoms with E-state index < -0.39 is 0 Å². The number of phenolic OH excluding ortho intramolecular Hbond substituents is 1. The van der Waals surface area contributed by atoms with Crippen LogP contribution in [-0.2, 0) is 6.54 Å². The Kier molecular flexibility index (Phi) is 6.41. The number of hydrogen-bond acceptors (Lipinski definition) is 4. The number of allylic oxidation sites excluding steroid dienone is 2. The zero-order valence-electron chi connectivity index (χ0n) is 18.7. The Balaban J connectivity index is 1.57. The number of nitrogens with one attached hydrogen (secondary N) is 1. The molecule has 4 aromatic rings. The molecule has 0 radical (unpaired) electrons. The van der Waals surface area contributed by atoms with E-state index in [1.54, 1.807) is 42.5 Å². The third kappa shape index (κ3) is 4.72. The van der Waals surface area contributed by atoms with Crippen LogP contribution in [0.3, 0.4) is 0 Å². The molecule has 0 fully saturated rings. The highest BCUT2D eigenvalue weighted by Gasteiger charge is 2.21. The number of aromatic nitrogens is 1. The van der Waals surface area contributed by atoms with Gasteiger partial charge in [-0.1, -0.05) is 60.7 Å². The van der Waals surface area contributed by atoms with E-state index in [-0.39, 0.29) is 17.3 Å². The van der Waals surface area contributed by atoms with Crippen molar-refractivity contribution in [3.8, 4) is 5.75 Å². The molecule has 0 atom stereocenters. The average molecular weight is 439 g/mol.